The predicted octanol–water partition coefficient (Wildman–Crippen LogP) is 1.41. The van der Waals surface area contributed by atoms with Crippen molar-refractivity contribution in [3.8, 4) is 11.3 Å². The van der Waals surface area contributed by atoms with Gasteiger partial charge in [0.1, 0.15) is 17.0 Å². The smallest absolute Gasteiger partial charge is 0.129 e. The van der Waals surface area contributed by atoms with Crippen LogP contribution in [0.4, 0.5) is 0 Å². The molecule has 1 aliphatic rings. The lowest BCUT2D eigenvalue weighted by Gasteiger charge is -2.22. The van der Waals surface area contributed by atoms with E-state index in [1.165, 1.54) is 0 Å². The Balaban J connectivity index is 1.70. The Morgan fingerprint density at radius 3 is 3.05 bits per heavy atom. The molecule has 19 heavy (non-hydrogen) atoms. The van der Waals surface area contributed by atoms with Crippen LogP contribution in [0.5, 0.6) is 0 Å². The monoisotopic (exact) mass is 280 g/mol. The van der Waals surface area contributed by atoms with Gasteiger partial charge >= 0.3 is 0 Å². The Morgan fingerprint density at radius 1 is 1.37 bits per heavy atom. The predicted molar refractivity (Wildman–Crippen MR) is 68.8 cm³/mol. The molecule has 0 aromatic carbocycles. The van der Waals surface area contributed by atoms with E-state index in [2.05, 4.69) is 15.3 Å². The van der Waals surface area contributed by atoms with Crippen LogP contribution in [-0.4, -0.2) is 45.9 Å². The van der Waals surface area contributed by atoms with Crippen LogP contribution >= 0.6 is 11.6 Å². The summed E-state index contributed by atoms with van der Waals surface area (Å²) in [6.07, 6.45) is 3.58. The van der Waals surface area contributed by atoms with E-state index in [1.54, 1.807) is 16.9 Å². The topological polar surface area (TPSA) is 62.1 Å². The number of ether oxygens (including phenoxy) is 2. The largest absolute Gasteiger partial charge is 0.376 e. The highest BCUT2D eigenvalue weighted by Gasteiger charge is 2.16. The minimum absolute atomic E-state index is 0.0339. The molecule has 100 valence electrons. The summed E-state index contributed by atoms with van der Waals surface area (Å²) >= 11 is 5.75. The third kappa shape index (κ3) is 3.09. The number of rotatable bonds is 3. The lowest BCUT2D eigenvalue weighted by Crippen LogP contribution is -2.32. The second-order valence-corrected chi connectivity index (χ2v) is 4.65. The van der Waals surface area contributed by atoms with E-state index in [9.17, 15) is 0 Å². The SMILES string of the molecule is Clc1ccc(-c2cn(CC3COCCO3)nn2)cn1. The fraction of sp³-hybridized carbons (Fsp3) is 0.417. The van der Waals surface area contributed by atoms with Crippen molar-refractivity contribution in [3.63, 3.8) is 0 Å². The number of hydrogen-bond acceptors (Lipinski definition) is 5. The molecule has 0 spiro atoms. The van der Waals surface area contributed by atoms with Crippen molar-refractivity contribution in [1.29, 1.82) is 0 Å². The van der Waals surface area contributed by atoms with E-state index in [1.807, 2.05) is 12.3 Å². The van der Waals surface area contributed by atoms with Crippen molar-refractivity contribution in [3.05, 3.63) is 29.7 Å². The first-order chi connectivity index (χ1) is 9.31. The zero-order valence-electron chi connectivity index (χ0n) is 10.2. The van der Waals surface area contributed by atoms with E-state index in [4.69, 9.17) is 21.1 Å². The molecule has 2 aromatic rings. The maximum absolute atomic E-state index is 5.75. The van der Waals surface area contributed by atoms with Gasteiger partial charge in [-0.2, -0.15) is 0 Å². The van der Waals surface area contributed by atoms with Crippen LogP contribution in [0, 0.1) is 0 Å². The quantitative estimate of drug-likeness (QED) is 0.796. The van der Waals surface area contributed by atoms with E-state index in [0.717, 1.165) is 11.3 Å². The van der Waals surface area contributed by atoms with Crippen LogP contribution < -0.4 is 0 Å². The Kier molecular flexibility index (Phi) is 3.72. The fourth-order valence-corrected chi connectivity index (χ4v) is 2.01. The maximum atomic E-state index is 5.75. The molecule has 0 aliphatic carbocycles. The van der Waals surface area contributed by atoms with Gasteiger partial charge in [0.15, 0.2) is 0 Å². The zero-order valence-corrected chi connectivity index (χ0v) is 11.0. The molecule has 1 unspecified atom stereocenters. The van der Waals surface area contributed by atoms with Crippen molar-refractivity contribution < 1.29 is 9.47 Å². The standard InChI is InChI=1S/C12H13ClN4O2/c13-12-2-1-9(5-14-12)11-7-17(16-15-11)6-10-8-18-3-4-19-10/h1-2,5,7,10H,3-4,6,8H2. The summed E-state index contributed by atoms with van der Waals surface area (Å²) in [7, 11) is 0. The first-order valence-electron chi connectivity index (χ1n) is 6.03. The van der Waals surface area contributed by atoms with Crippen LogP contribution in [0.15, 0.2) is 24.5 Å². The Bertz CT molecular complexity index is 537. The minimum Gasteiger partial charge on any atom is -0.376 e. The van der Waals surface area contributed by atoms with Gasteiger partial charge in [-0.05, 0) is 12.1 Å². The maximum Gasteiger partial charge on any atom is 0.129 e. The Labute approximate surface area is 115 Å². The van der Waals surface area contributed by atoms with Crippen molar-refractivity contribution in [2.75, 3.05) is 19.8 Å². The average Bonchev–Trinajstić information content (AvgIpc) is 2.89. The molecule has 1 fully saturated rings. The van der Waals surface area contributed by atoms with Gasteiger partial charge in [0.05, 0.1) is 32.6 Å². The molecular weight excluding hydrogens is 268 g/mol. The molecule has 3 heterocycles. The van der Waals surface area contributed by atoms with Gasteiger partial charge in [0.25, 0.3) is 0 Å². The van der Waals surface area contributed by atoms with E-state index in [0.29, 0.717) is 31.5 Å². The van der Waals surface area contributed by atoms with Gasteiger partial charge in [0, 0.05) is 11.8 Å². The number of pyridine rings is 1. The van der Waals surface area contributed by atoms with Crippen molar-refractivity contribution in [1.82, 2.24) is 20.0 Å². The number of nitrogens with zero attached hydrogens (tertiary/aromatic N) is 4. The van der Waals surface area contributed by atoms with Crippen LogP contribution in [-0.2, 0) is 16.0 Å². The molecule has 1 aliphatic heterocycles. The molecule has 3 rings (SSSR count). The molecule has 7 heteroatoms. The van der Waals surface area contributed by atoms with Gasteiger partial charge in [-0.15, -0.1) is 5.10 Å². The highest BCUT2D eigenvalue weighted by Crippen LogP contribution is 2.17. The van der Waals surface area contributed by atoms with Crippen molar-refractivity contribution in [2.24, 2.45) is 0 Å². The highest BCUT2D eigenvalue weighted by atomic mass is 35.5. The van der Waals surface area contributed by atoms with E-state index >= 15 is 0 Å². The molecule has 0 bridgehead atoms. The molecule has 2 aromatic heterocycles. The lowest BCUT2D eigenvalue weighted by molar-refractivity contribution is -0.0947. The van der Waals surface area contributed by atoms with Gasteiger partial charge < -0.3 is 9.47 Å². The molecule has 1 atom stereocenters. The second-order valence-electron chi connectivity index (χ2n) is 4.26. The van der Waals surface area contributed by atoms with E-state index < -0.39 is 0 Å². The van der Waals surface area contributed by atoms with Crippen LogP contribution in [0.2, 0.25) is 5.15 Å². The van der Waals surface area contributed by atoms with Gasteiger partial charge in [-0.1, -0.05) is 16.8 Å². The van der Waals surface area contributed by atoms with Crippen molar-refractivity contribution in [2.45, 2.75) is 12.6 Å². The van der Waals surface area contributed by atoms with E-state index in [-0.39, 0.29) is 6.10 Å². The first kappa shape index (κ1) is 12.5. The normalized spacial score (nSPS) is 19.5. The van der Waals surface area contributed by atoms with Gasteiger partial charge in [-0.3, -0.25) is 0 Å². The molecule has 0 radical (unpaired) electrons. The summed E-state index contributed by atoms with van der Waals surface area (Å²) in [5, 5.41) is 8.66. The average molecular weight is 281 g/mol. The Morgan fingerprint density at radius 2 is 2.32 bits per heavy atom. The zero-order chi connectivity index (χ0) is 13.1. The lowest BCUT2D eigenvalue weighted by atomic mass is 10.2. The highest BCUT2D eigenvalue weighted by molar-refractivity contribution is 6.29. The second kappa shape index (κ2) is 5.64. The molecule has 0 amide bonds. The summed E-state index contributed by atoms with van der Waals surface area (Å²) in [6, 6.07) is 3.60. The minimum atomic E-state index is 0.0339. The van der Waals surface area contributed by atoms with Gasteiger partial charge in [-0.25, -0.2) is 9.67 Å². The molecule has 1 saturated heterocycles. The van der Waals surface area contributed by atoms with Crippen LogP contribution in [0.25, 0.3) is 11.3 Å². The number of halogens is 1. The van der Waals surface area contributed by atoms with Gasteiger partial charge in [0.2, 0.25) is 0 Å². The molecule has 6 nitrogen and oxygen atoms in total. The van der Waals surface area contributed by atoms with Crippen LogP contribution in [0.1, 0.15) is 0 Å². The molecule has 0 saturated carbocycles. The summed E-state index contributed by atoms with van der Waals surface area (Å²) in [4.78, 5) is 4.02. The number of hydrogen-bond donors (Lipinski definition) is 0. The van der Waals surface area contributed by atoms with Crippen LogP contribution in [0.3, 0.4) is 0 Å². The summed E-state index contributed by atoms with van der Waals surface area (Å²) in [5.41, 5.74) is 1.65. The fourth-order valence-electron chi connectivity index (χ4n) is 1.90. The molecular formula is C12H13ClN4O2. The summed E-state index contributed by atoms with van der Waals surface area (Å²) in [6.45, 7) is 2.52. The summed E-state index contributed by atoms with van der Waals surface area (Å²) < 4.78 is 12.7. The van der Waals surface area contributed by atoms with Crippen molar-refractivity contribution >= 4 is 11.6 Å². The number of aromatic nitrogens is 4. The third-order valence-corrected chi connectivity index (χ3v) is 3.06. The molecule has 0 N–H and O–H groups in total. The summed E-state index contributed by atoms with van der Waals surface area (Å²) in [5.74, 6) is 0. The Hall–Kier alpha value is -1.50. The first-order valence-corrected chi connectivity index (χ1v) is 6.40. The third-order valence-electron chi connectivity index (χ3n) is 2.84.